The lowest BCUT2D eigenvalue weighted by molar-refractivity contribution is 0.0797. The molecule has 0 amide bonds. The largest absolute Gasteiger partial charge is 0.313 e. The van der Waals surface area contributed by atoms with Gasteiger partial charge < -0.3 is 5.32 Å². The lowest BCUT2D eigenvalue weighted by atomic mass is 9.52. The summed E-state index contributed by atoms with van der Waals surface area (Å²) in [5.41, 5.74) is 5.46. The van der Waals surface area contributed by atoms with Gasteiger partial charge in [0.15, 0.2) is 0 Å². The number of piperidine rings is 1. The van der Waals surface area contributed by atoms with E-state index in [2.05, 4.69) is 30.4 Å². The molecule has 3 atom stereocenters. The number of rotatable bonds is 1. The fraction of sp³-hybridized carbons (Fsp3) is 0.667. The number of fused-ring (bicyclic) bond motifs is 1. The van der Waals surface area contributed by atoms with Crippen molar-refractivity contribution in [2.24, 2.45) is 5.92 Å². The molecular formula is C18H25N. The van der Waals surface area contributed by atoms with Gasteiger partial charge in [0.05, 0.1) is 0 Å². The monoisotopic (exact) mass is 255 g/mol. The molecule has 1 saturated carbocycles. The molecule has 1 aromatic carbocycles. The molecule has 0 spiro atoms. The minimum atomic E-state index is 0.535. The van der Waals surface area contributed by atoms with Crippen LogP contribution in [0.5, 0.6) is 0 Å². The zero-order chi connectivity index (χ0) is 12.9. The Morgan fingerprint density at radius 1 is 1.26 bits per heavy atom. The molecule has 1 aliphatic heterocycles. The van der Waals surface area contributed by atoms with Gasteiger partial charge in [-0.25, -0.2) is 0 Å². The molecule has 1 heterocycles. The smallest absolute Gasteiger partial charge is 0.0144 e. The van der Waals surface area contributed by atoms with Crippen LogP contribution in [0.1, 0.15) is 55.7 Å². The maximum absolute atomic E-state index is 3.81. The Bertz CT molecular complexity index is 488. The predicted molar refractivity (Wildman–Crippen MR) is 79.6 cm³/mol. The Labute approximate surface area is 116 Å². The van der Waals surface area contributed by atoms with E-state index in [9.17, 15) is 0 Å². The van der Waals surface area contributed by atoms with Crippen LogP contribution in [0.4, 0.5) is 0 Å². The fourth-order valence-electron chi connectivity index (χ4n) is 5.19. The van der Waals surface area contributed by atoms with E-state index in [1.54, 1.807) is 11.1 Å². The van der Waals surface area contributed by atoms with Crippen LogP contribution < -0.4 is 5.32 Å². The van der Waals surface area contributed by atoms with Crippen molar-refractivity contribution in [1.29, 1.82) is 0 Å². The molecule has 4 rings (SSSR count). The first-order valence-corrected chi connectivity index (χ1v) is 8.19. The summed E-state index contributed by atoms with van der Waals surface area (Å²) in [4.78, 5) is 0. The Kier molecular flexibility index (Phi) is 2.73. The summed E-state index contributed by atoms with van der Waals surface area (Å²) in [6.45, 7) is 3.52. The third-order valence-corrected chi connectivity index (χ3v) is 6.12. The lowest BCUT2D eigenvalue weighted by Crippen LogP contribution is -2.59. The first-order valence-electron chi connectivity index (χ1n) is 8.19. The summed E-state index contributed by atoms with van der Waals surface area (Å²) >= 11 is 0. The average molecular weight is 255 g/mol. The number of hydrogen-bond donors (Lipinski definition) is 1. The van der Waals surface area contributed by atoms with Gasteiger partial charge in [0.1, 0.15) is 0 Å². The molecule has 2 bridgehead atoms. The third-order valence-electron chi connectivity index (χ3n) is 6.12. The van der Waals surface area contributed by atoms with Gasteiger partial charge in [0.25, 0.3) is 0 Å². The van der Waals surface area contributed by atoms with E-state index >= 15 is 0 Å². The summed E-state index contributed by atoms with van der Waals surface area (Å²) in [5, 5.41) is 3.81. The molecule has 19 heavy (non-hydrogen) atoms. The molecule has 3 unspecified atom stereocenters. The molecule has 2 fully saturated rings. The Morgan fingerprint density at radius 3 is 3.11 bits per heavy atom. The van der Waals surface area contributed by atoms with Gasteiger partial charge in [0.2, 0.25) is 0 Å². The minimum Gasteiger partial charge on any atom is -0.313 e. The number of hydrogen-bond acceptors (Lipinski definition) is 1. The zero-order valence-corrected chi connectivity index (χ0v) is 12.0. The van der Waals surface area contributed by atoms with E-state index in [4.69, 9.17) is 0 Å². The fourth-order valence-corrected chi connectivity index (χ4v) is 5.19. The van der Waals surface area contributed by atoms with E-state index in [1.807, 2.05) is 0 Å². The second kappa shape index (κ2) is 4.34. The maximum atomic E-state index is 3.81. The van der Waals surface area contributed by atoms with E-state index < -0.39 is 0 Å². The van der Waals surface area contributed by atoms with Crippen LogP contribution in [0.2, 0.25) is 0 Å². The van der Waals surface area contributed by atoms with E-state index in [0.717, 1.165) is 12.0 Å². The number of benzene rings is 1. The van der Waals surface area contributed by atoms with Crippen LogP contribution in [0, 0.1) is 5.92 Å². The Balaban J connectivity index is 1.88. The predicted octanol–water partition coefficient (Wildman–Crippen LogP) is 3.60. The van der Waals surface area contributed by atoms with Crippen LogP contribution in [-0.2, 0) is 18.3 Å². The number of aryl methyl sites for hydroxylation is 1. The van der Waals surface area contributed by atoms with Gasteiger partial charge in [-0.3, -0.25) is 0 Å². The van der Waals surface area contributed by atoms with Gasteiger partial charge in [-0.05, 0) is 61.3 Å². The average Bonchev–Trinajstić information content (AvgIpc) is 2.47. The molecule has 1 nitrogen and oxygen atoms in total. The van der Waals surface area contributed by atoms with Crippen molar-refractivity contribution in [2.45, 2.75) is 63.3 Å². The summed E-state index contributed by atoms with van der Waals surface area (Å²) in [6.07, 6.45) is 9.60. The van der Waals surface area contributed by atoms with Gasteiger partial charge in [0, 0.05) is 11.5 Å². The maximum Gasteiger partial charge on any atom is 0.0144 e. The van der Waals surface area contributed by atoms with Gasteiger partial charge >= 0.3 is 0 Å². The Hall–Kier alpha value is -0.820. The normalized spacial score (nSPS) is 36.5. The Morgan fingerprint density at radius 2 is 2.21 bits per heavy atom. The van der Waals surface area contributed by atoms with Crippen LogP contribution in [-0.4, -0.2) is 12.6 Å². The summed E-state index contributed by atoms with van der Waals surface area (Å²) in [6, 6.07) is 8.11. The molecular weight excluding hydrogens is 230 g/mol. The zero-order valence-electron chi connectivity index (χ0n) is 12.0. The molecule has 1 aromatic rings. The second-order valence-electron chi connectivity index (χ2n) is 6.87. The second-order valence-corrected chi connectivity index (χ2v) is 6.87. The molecule has 0 radical (unpaired) electrons. The van der Waals surface area contributed by atoms with Crippen LogP contribution in [0.25, 0.3) is 0 Å². The van der Waals surface area contributed by atoms with Gasteiger partial charge in [-0.2, -0.15) is 0 Å². The van der Waals surface area contributed by atoms with Crippen molar-refractivity contribution < 1.29 is 0 Å². The van der Waals surface area contributed by atoms with E-state index in [1.165, 1.54) is 57.1 Å². The van der Waals surface area contributed by atoms with Crippen molar-refractivity contribution in [3.8, 4) is 0 Å². The van der Waals surface area contributed by atoms with E-state index in [-0.39, 0.29) is 0 Å². The van der Waals surface area contributed by atoms with Gasteiger partial charge in [-0.1, -0.05) is 38.0 Å². The van der Waals surface area contributed by atoms with Crippen molar-refractivity contribution in [1.82, 2.24) is 5.32 Å². The highest BCUT2D eigenvalue weighted by Gasteiger charge is 2.51. The molecule has 0 aromatic heterocycles. The molecule has 1 heteroatoms. The highest BCUT2D eigenvalue weighted by Crippen LogP contribution is 2.53. The number of nitrogens with one attached hydrogen (secondary N) is 1. The highest BCUT2D eigenvalue weighted by atomic mass is 15.0. The quantitative estimate of drug-likeness (QED) is 0.808. The first-order chi connectivity index (χ1) is 9.33. The first kappa shape index (κ1) is 12.0. The molecule has 3 aliphatic rings. The van der Waals surface area contributed by atoms with Crippen LogP contribution in [0.15, 0.2) is 18.2 Å². The highest BCUT2D eigenvalue weighted by molar-refractivity contribution is 5.43. The molecule has 2 aliphatic carbocycles. The van der Waals surface area contributed by atoms with Crippen LogP contribution in [0.3, 0.4) is 0 Å². The van der Waals surface area contributed by atoms with Crippen molar-refractivity contribution in [3.63, 3.8) is 0 Å². The van der Waals surface area contributed by atoms with E-state index in [0.29, 0.717) is 5.41 Å². The summed E-state index contributed by atoms with van der Waals surface area (Å²) in [7, 11) is 0. The molecule has 1 N–H and O–H groups in total. The van der Waals surface area contributed by atoms with Crippen molar-refractivity contribution >= 4 is 0 Å². The third kappa shape index (κ3) is 1.64. The summed E-state index contributed by atoms with van der Waals surface area (Å²) in [5.74, 6) is 0.912. The van der Waals surface area contributed by atoms with Gasteiger partial charge in [-0.15, -0.1) is 0 Å². The standard InChI is InChI=1S/C18H25N/c1-2-13-6-7-14-12-17-15-5-3-4-8-18(15,9-10-19-17)16(14)11-13/h6-7,11,15,17,19H,2-5,8-10,12H2,1H3. The lowest BCUT2D eigenvalue weighted by Gasteiger charge is -2.56. The summed E-state index contributed by atoms with van der Waals surface area (Å²) < 4.78 is 0. The minimum absolute atomic E-state index is 0.535. The van der Waals surface area contributed by atoms with Crippen molar-refractivity contribution in [2.75, 3.05) is 6.54 Å². The van der Waals surface area contributed by atoms with Crippen molar-refractivity contribution in [3.05, 3.63) is 34.9 Å². The SMILES string of the molecule is CCc1ccc2c(c1)C13CCCCC1C(C2)NCC3. The topological polar surface area (TPSA) is 12.0 Å². The van der Waals surface area contributed by atoms with Crippen LogP contribution >= 0.6 is 0 Å². The molecule has 1 saturated heterocycles. The molecule has 102 valence electrons.